The topological polar surface area (TPSA) is 0 Å². The maximum atomic E-state index is 3.62. The summed E-state index contributed by atoms with van der Waals surface area (Å²) in [6.07, 6.45) is 20.4. The molecule has 0 aromatic heterocycles. The maximum absolute atomic E-state index is 3.62. The molecule has 0 aromatic rings. The molecule has 3 aliphatic carbocycles. The second-order valence-corrected chi connectivity index (χ2v) is 3.93. The molecule has 0 heterocycles. The predicted octanol–water partition coefficient (Wildman–Crippen LogP) is 2.94. The lowest BCUT2D eigenvalue weighted by Crippen LogP contribution is -2.24. The summed E-state index contributed by atoms with van der Waals surface area (Å²) in [5.41, 5.74) is 1.54. The van der Waals surface area contributed by atoms with E-state index < -0.39 is 0 Å². The van der Waals surface area contributed by atoms with Crippen LogP contribution < -0.4 is 0 Å². The number of rotatable bonds is 0. The minimum atomic E-state index is 0.511. The Balaban J connectivity index is 1.88. The van der Waals surface area contributed by atoms with Crippen molar-refractivity contribution in [3.63, 3.8) is 0 Å². The molecule has 0 saturated heterocycles. The first-order valence-corrected chi connectivity index (χ1v) is 4.92. The van der Waals surface area contributed by atoms with Crippen LogP contribution in [-0.2, 0) is 0 Å². The first-order chi connectivity index (χ1) is 6.43. The Labute approximate surface area is 79.3 Å². The molecule has 0 heteroatoms. The lowest BCUT2D eigenvalue weighted by Gasteiger charge is -2.33. The van der Waals surface area contributed by atoms with Crippen LogP contribution >= 0.6 is 0 Å². The Morgan fingerprint density at radius 1 is 1.08 bits per heavy atom. The fraction of sp³-hybridized carbons (Fsp3) is 0.308. The van der Waals surface area contributed by atoms with Crippen molar-refractivity contribution in [2.45, 2.75) is 6.42 Å². The number of hydrogen-bond acceptors (Lipinski definition) is 0. The summed E-state index contributed by atoms with van der Waals surface area (Å²) in [6.45, 7) is 0. The van der Waals surface area contributed by atoms with E-state index in [0.29, 0.717) is 17.8 Å². The van der Waals surface area contributed by atoms with Crippen LogP contribution in [0.15, 0.2) is 48.1 Å². The zero-order chi connectivity index (χ0) is 8.67. The fourth-order valence-electron chi connectivity index (χ4n) is 2.38. The largest absolute Gasteiger partial charge is 0.0805 e. The van der Waals surface area contributed by atoms with Crippen LogP contribution in [0.4, 0.5) is 0 Å². The standard InChI is InChI=1S/C13H12/c1-2-5-11-9-13-7-3-6-12(13)8-10(11)4-1/h1-7,10-11,13H,8H2. The van der Waals surface area contributed by atoms with E-state index in [-0.39, 0.29) is 0 Å². The third-order valence-corrected chi connectivity index (χ3v) is 3.11. The summed E-state index contributed by atoms with van der Waals surface area (Å²) in [4.78, 5) is 0. The van der Waals surface area contributed by atoms with E-state index in [9.17, 15) is 0 Å². The SMILES string of the molecule is [C]1C2C=CC=C2CC2C=CC=CC12. The van der Waals surface area contributed by atoms with Crippen LogP contribution in [0.1, 0.15) is 6.42 Å². The van der Waals surface area contributed by atoms with E-state index in [1.54, 1.807) is 5.57 Å². The lowest BCUT2D eigenvalue weighted by molar-refractivity contribution is 0.439. The highest BCUT2D eigenvalue weighted by Gasteiger charge is 2.31. The van der Waals surface area contributed by atoms with Gasteiger partial charge in [0, 0.05) is 12.3 Å². The van der Waals surface area contributed by atoms with Crippen LogP contribution in [-0.4, -0.2) is 0 Å². The second kappa shape index (κ2) is 2.73. The van der Waals surface area contributed by atoms with Gasteiger partial charge >= 0.3 is 0 Å². The Morgan fingerprint density at radius 3 is 3.00 bits per heavy atom. The second-order valence-electron chi connectivity index (χ2n) is 3.93. The third-order valence-electron chi connectivity index (χ3n) is 3.11. The van der Waals surface area contributed by atoms with Gasteiger partial charge in [0.15, 0.2) is 0 Å². The lowest BCUT2D eigenvalue weighted by atomic mass is 9.71. The molecule has 0 nitrogen and oxygen atoms in total. The smallest absolute Gasteiger partial charge is 0.00578 e. The first-order valence-electron chi connectivity index (χ1n) is 4.92. The normalized spacial score (nSPS) is 40.0. The average Bonchev–Trinajstić information content (AvgIpc) is 2.61. The molecule has 3 rings (SSSR count). The summed E-state index contributed by atoms with van der Waals surface area (Å²) in [5, 5.41) is 0. The van der Waals surface area contributed by atoms with Crippen molar-refractivity contribution in [3.8, 4) is 0 Å². The highest BCUT2D eigenvalue weighted by atomic mass is 14.4. The minimum Gasteiger partial charge on any atom is -0.0805 e. The Hall–Kier alpha value is -1.04. The zero-order valence-electron chi connectivity index (χ0n) is 7.48. The average molecular weight is 168 g/mol. The van der Waals surface area contributed by atoms with Gasteiger partial charge in [-0.1, -0.05) is 48.1 Å². The van der Waals surface area contributed by atoms with Crippen molar-refractivity contribution in [2.75, 3.05) is 0 Å². The van der Waals surface area contributed by atoms with Gasteiger partial charge in [0.05, 0.1) is 0 Å². The van der Waals surface area contributed by atoms with Gasteiger partial charge in [0.2, 0.25) is 0 Å². The summed E-state index contributed by atoms with van der Waals surface area (Å²) in [7, 11) is 0. The van der Waals surface area contributed by atoms with Gasteiger partial charge in [-0.15, -0.1) is 0 Å². The monoisotopic (exact) mass is 168 g/mol. The third kappa shape index (κ3) is 1.13. The van der Waals surface area contributed by atoms with Crippen LogP contribution in [0.25, 0.3) is 0 Å². The van der Waals surface area contributed by atoms with Crippen LogP contribution in [0.3, 0.4) is 0 Å². The van der Waals surface area contributed by atoms with Gasteiger partial charge < -0.3 is 0 Å². The number of hydrogen-bond donors (Lipinski definition) is 0. The van der Waals surface area contributed by atoms with Crippen molar-refractivity contribution in [3.05, 3.63) is 54.5 Å². The van der Waals surface area contributed by atoms with Gasteiger partial charge in [-0.3, -0.25) is 0 Å². The summed E-state index contributed by atoms with van der Waals surface area (Å²) >= 11 is 0. The molecule has 64 valence electrons. The molecule has 0 amide bonds. The first kappa shape index (κ1) is 7.37. The number of allylic oxidation sites excluding steroid dienone is 8. The molecule has 1 fully saturated rings. The summed E-state index contributed by atoms with van der Waals surface area (Å²) in [5.74, 6) is 1.74. The molecule has 2 radical (unpaired) electrons. The van der Waals surface area contributed by atoms with Crippen LogP contribution in [0.2, 0.25) is 0 Å². The van der Waals surface area contributed by atoms with E-state index in [4.69, 9.17) is 0 Å². The van der Waals surface area contributed by atoms with Crippen LogP contribution in [0.5, 0.6) is 0 Å². The molecule has 1 saturated carbocycles. The molecule has 13 heavy (non-hydrogen) atoms. The van der Waals surface area contributed by atoms with Crippen molar-refractivity contribution >= 4 is 0 Å². The highest BCUT2D eigenvalue weighted by molar-refractivity contribution is 5.36. The quantitative estimate of drug-likeness (QED) is 0.521. The Bertz CT molecular complexity index is 328. The van der Waals surface area contributed by atoms with Gasteiger partial charge in [-0.05, 0) is 18.3 Å². The molecule has 3 unspecified atom stereocenters. The van der Waals surface area contributed by atoms with E-state index in [2.05, 4.69) is 49.0 Å². The van der Waals surface area contributed by atoms with E-state index in [1.165, 1.54) is 6.42 Å². The van der Waals surface area contributed by atoms with Gasteiger partial charge in [0.25, 0.3) is 0 Å². The van der Waals surface area contributed by atoms with Gasteiger partial charge in [-0.2, -0.15) is 0 Å². The van der Waals surface area contributed by atoms with E-state index >= 15 is 0 Å². The Morgan fingerprint density at radius 2 is 2.00 bits per heavy atom. The summed E-state index contributed by atoms with van der Waals surface area (Å²) < 4.78 is 0. The zero-order valence-corrected chi connectivity index (χ0v) is 7.48. The molecular formula is C13H12. The van der Waals surface area contributed by atoms with E-state index in [0.717, 1.165) is 0 Å². The molecule has 0 aromatic carbocycles. The predicted molar refractivity (Wildman–Crippen MR) is 53.8 cm³/mol. The van der Waals surface area contributed by atoms with Crippen LogP contribution in [0, 0.1) is 24.2 Å². The van der Waals surface area contributed by atoms with Gasteiger partial charge in [0.1, 0.15) is 0 Å². The molecule has 0 spiro atoms. The Kier molecular flexibility index (Phi) is 1.55. The minimum absolute atomic E-state index is 0.511. The molecule has 0 bridgehead atoms. The molecular weight excluding hydrogens is 156 g/mol. The highest BCUT2D eigenvalue weighted by Crippen LogP contribution is 2.42. The van der Waals surface area contributed by atoms with Crippen molar-refractivity contribution in [1.29, 1.82) is 0 Å². The van der Waals surface area contributed by atoms with E-state index in [1.807, 2.05) is 0 Å². The molecule has 0 N–H and O–H groups in total. The van der Waals surface area contributed by atoms with Gasteiger partial charge in [-0.25, -0.2) is 0 Å². The maximum Gasteiger partial charge on any atom is 0.00578 e. The molecule has 3 aliphatic rings. The summed E-state index contributed by atoms with van der Waals surface area (Å²) in [6, 6.07) is 0. The fourth-order valence-corrected chi connectivity index (χ4v) is 2.38. The molecule has 3 atom stereocenters. The number of fused-ring (bicyclic) bond motifs is 2. The van der Waals surface area contributed by atoms with Crippen molar-refractivity contribution < 1.29 is 0 Å². The van der Waals surface area contributed by atoms with Crippen molar-refractivity contribution in [2.24, 2.45) is 17.8 Å². The molecule has 0 aliphatic heterocycles. The van der Waals surface area contributed by atoms with Crippen molar-refractivity contribution in [1.82, 2.24) is 0 Å².